The summed E-state index contributed by atoms with van der Waals surface area (Å²) in [5.74, 6) is 0.773. The van der Waals surface area contributed by atoms with Crippen LogP contribution in [0.5, 0.6) is 0 Å². The molecular weight excluding hydrogens is 236 g/mol. The summed E-state index contributed by atoms with van der Waals surface area (Å²) in [6, 6.07) is 10.3. The van der Waals surface area contributed by atoms with Gasteiger partial charge in [-0.05, 0) is 44.6 Å². The van der Waals surface area contributed by atoms with Gasteiger partial charge in [0, 0.05) is 6.61 Å². The van der Waals surface area contributed by atoms with Crippen molar-refractivity contribution in [3.05, 3.63) is 35.9 Å². The maximum Gasteiger partial charge on any atom is 0.0891 e. The third kappa shape index (κ3) is 4.32. The fraction of sp³-hybridized carbons (Fsp3) is 0.647. The van der Waals surface area contributed by atoms with Crippen molar-refractivity contribution in [3.8, 4) is 0 Å². The van der Waals surface area contributed by atoms with Crippen molar-refractivity contribution in [1.29, 1.82) is 0 Å². The third-order valence-electron chi connectivity index (χ3n) is 4.08. The lowest BCUT2D eigenvalue weighted by Crippen LogP contribution is -2.40. The second-order valence-electron chi connectivity index (χ2n) is 6.21. The zero-order valence-corrected chi connectivity index (χ0v) is 12.4. The normalized spacial score (nSPS) is 25.0. The smallest absolute Gasteiger partial charge is 0.0891 e. The summed E-state index contributed by atoms with van der Waals surface area (Å²) in [6.45, 7) is 8.13. The Balaban J connectivity index is 1.90. The van der Waals surface area contributed by atoms with Crippen LogP contribution in [0.4, 0.5) is 0 Å². The van der Waals surface area contributed by atoms with Gasteiger partial charge in [-0.3, -0.25) is 0 Å². The highest BCUT2D eigenvalue weighted by Gasteiger charge is 2.32. The zero-order valence-electron chi connectivity index (χ0n) is 12.4. The molecule has 1 fully saturated rings. The van der Waals surface area contributed by atoms with E-state index in [1.54, 1.807) is 0 Å². The van der Waals surface area contributed by atoms with Crippen LogP contribution in [0.1, 0.15) is 45.6 Å². The van der Waals surface area contributed by atoms with E-state index < -0.39 is 0 Å². The quantitative estimate of drug-likeness (QED) is 0.810. The zero-order chi connectivity index (χ0) is 13.7. The molecule has 0 amide bonds. The van der Waals surface area contributed by atoms with Crippen molar-refractivity contribution in [3.63, 3.8) is 0 Å². The monoisotopic (exact) mass is 262 g/mol. The highest BCUT2D eigenvalue weighted by Crippen LogP contribution is 2.28. The van der Waals surface area contributed by atoms with Crippen LogP contribution in [0.3, 0.4) is 0 Å². The summed E-state index contributed by atoms with van der Waals surface area (Å²) in [4.78, 5) is 0. The minimum Gasteiger partial charge on any atom is -0.375 e. The van der Waals surface area contributed by atoms with Gasteiger partial charge in [0.05, 0.1) is 18.3 Å². The summed E-state index contributed by atoms with van der Waals surface area (Å²) >= 11 is 0. The molecule has 1 saturated heterocycles. The number of hydrogen-bond donors (Lipinski definition) is 0. The Kier molecular flexibility index (Phi) is 5.00. The van der Waals surface area contributed by atoms with Crippen LogP contribution in [-0.4, -0.2) is 18.3 Å². The number of rotatable bonds is 4. The van der Waals surface area contributed by atoms with Crippen LogP contribution in [-0.2, 0) is 16.1 Å². The van der Waals surface area contributed by atoms with Gasteiger partial charge in [0.1, 0.15) is 0 Å². The van der Waals surface area contributed by atoms with E-state index in [4.69, 9.17) is 9.47 Å². The first-order valence-electron chi connectivity index (χ1n) is 7.37. The lowest BCUT2D eigenvalue weighted by molar-refractivity contribution is -0.132. The molecule has 1 aliphatic heterocycles. The fourth-order valence-corrected chi connectivity index (χ4v) is 2.56. The van der Waals surface area contributed by atoms with Crippen LogP contribution >= 0.6 is 0 Å². The molecule has 106 valence electrons. The Hall–Kier alpha value is -0.860. The molecule has 19 heavy (non-hydrogen) atoms. The van der Waals surface area contributed by atoms with Gasteiger partial charge < -0.3 is 9.47 Å². The predicted molar refractivity (Wildman–Crippen MR) is 78.1 cm³/mol. The highest BCUT2D eigenvalue weighted by atomic mass is 16.5. The van der Waals surface area contributed by atoms with Crippen molar-refractivity contribution in [2.75, 3.05) is 6.61 Å². The molecular formula is C17H26O2. The lowest BCUT2D eigenvalue weighted by Gasteiger charge is -2.33. The van der Waals surface area contributed by atoms with E-state index in [1.807, 2.05) is 6.07 Å². The van der Waals surface area contributed by atoms with Gasteiger partial charge in [-0.25, -0.2) is 0 Å². The average molecular weight is 262 g/mol. The molecule has 0 spiro atoms. The molecule has 1 aromatic carbocycles. The average Bonchev–Trinajstić information content (AvgIpc) is 2.63. The van der Waals surface area contributed by atoms with Crippen molar-refractivity contribution < 1.29 is 9.47 Å². The molecule has 0 bridgehead atoms. The SMILES string of the molecule is CC1CCOC(C(C)(C)OCc2ccccc2)CC1. The van der Waals surface area contributed by atoms with Gasteiger partial charge in [0.25, 0.3) is 0 Å². The largest absolute Gasteiger partial charge is 0.375 e. The Labute approximate surface area is 117 Å². The van der Waals surface area contributed by atoms with Gasteiger partial charge in [0.15, 0.2) is 0 Å². The lowest BCUT2D eigenvalue weighted by atomic mass is 9.93. The fourth-order valence-electron chi connectivity index (χ4n) is 2.56. The van der Waals surface area contributed by atoms with Crippen molar-refractivity contribution >= 4 is 0 Å². The van der Waals surface area contributed by atoms with Crippen molar-refractivity contribution in [2.45, 2.75) is 58.3 Å². The molecule has 0 aliphatic carbocycles. The molecule has 2 atom stereocenters. The van der Waals surface area contributed by atoms with Crippen LogP contribution in [0.25, 0.3) is 0 Å². The van der Waals surface area contributed by atoms with Crippen LogP contribution < -0.4 is 0 Å². The van der Waals surface area contributed by atoms with Gasteiger partial charge in [-0.1, -0.05) is 37.3 Å². The van der Waals surface area contributed by atoms with Crippen LogP contribution in [0.15, 0.2) is 30.3 Å². The Bertz CT molecular complexity index is 372. The molecule has 0 saturated carbocycles. The maximum atomic E-state index is 6.12. The van der Waals surface area contributed by atoms with Crippen LogP contribution in [0, 0.1) is 5.92 Å². The molecule has 1 aliphatic rings. The first kappa shape index (κ1) is 14.5. The maximum absolute atomic E-state index is 6.12. The molecule has 2 nitrogen and oxygen atoms in total. The molecule has 2 heteroatoms. The summed E-state index contributed by atoms with van der Waals surface area (Å²) in [6.07, 6.45) is 3.72. The molecule has 2 unspecified atom stereocenters. The highest BCUT2D eigenvalue weighted by molar-refractivity contribution is 5.13. The van der Waals surface area contributed by atoms with Crippen molar-refractivity contribution in [1.82, 2.24) is 0 Å². The topological polar surface area (TPSA) is 18.5 Å². The Morgan fingerprint density at radius 2 is 1.89 bits per heavy atom. The van der Waals surface area contributed by atoms with E-state index in [0.29, 0.717) is 6.61 Å². The van der Waals surface area contributed by atoms with Gasteiger partial charge in [0.2, 0.25) is 0 Å². The molecule has 0 radical (unpaired) electrons. The van der Waals surface area contributed by atoms with Crippen molar-refractivity contribution in [2.24, 2.45) is 5.92 Å². The minimum atomic E-state index is -0.222. The molecule has 2 rings (SSSR count). The van der Waals surface area contributed by atoms with Gasteiger partial charge in [-0.15, -0.1) is 0 Å². The van der Waals surface area contributed by atoms with E-state index in [9.17, 15) is 0 Å². The first-order valence-corrected chi connectivity index (χ1v) is 7.37. The predicted octanol–water partition coefficient (Wildman–Crippen LogP) is 4.19. The number of ether oxygens (including phenoxy) is 2. The minimum absolute atomic E-state index is 0.209. The molecule has 1 aromatic rings. The summed E-state index contributed by atoms with van der Waals surface area (Å²) < 4.78 is 12.1. The molecule has 0 N–H and O–H groups in total. The number of benzene rings is 1. The van der Waals surface area contributed by atoms with Crippen LogP contribution in [0.2, 0.25) is 0 Å². The molecule has 1 heterocycles. The van der Waals surface area contributed by atoms with E-state index in [2.05, 4.69) is 45.0 Å². The summed E-state index contributed by atoms with van der Waals surface area (Å²) in [7, 11) is 0. The second-order valence-corrected chi connectivity index (χ2v) is 6.21. The Morgan fingerprint density at radius 1 is 1.16 bits per heavy atom. The third-order valence-corrected chi connectivity index (χ3v) is 4.08. The van der Waals surface area contributed by atoms with E-state index in [0.717, 1.165) is 18.9 Å². The van der Waals surface area contributed by atoms with E-state index in [1.165, 1.54) is 18.4 Å². The van der Waals surface area contributed by atoms with E-state index in [-0.39, 0.29) is 11.7 Å². The summed E-state index contributed by atoms with van der Waals surface area (Å²) in [5.41, 5.74) is 0.998. The van der Waals surface area contributed by atoms with Gasteiger partial charge >= 0.3 is 0 Å². The standard InChI is InChI=1S/C17H26O2/c1-14-9-10-16(18-12-11-14)17(2,3)19-13-15-7-5-4-6-8-15/h4-8,14,16H,9-13H2,1-3H3. The molecule has 0 aromatic heterocycles. The number of hydrogen-bond acceptors (Lipinski definition) is 2. The Morgan fingerprint density at radius 3 is 2.63 bits per heavy atom. The van der Waals surface area contributed by atoms with Gasteiger partial charge in [-0.2, -0.15) is 0 Å². The first-order chi connectivity index (χ1) is 9.08. The second kappa shape index (κ2) is 6.53. The summed E-state index contributed by atoms with van der Waals surface area (Å²) in [5, 5.41) is 0. The van der Waals surface area contributed by atoms with E-state index >= 15 is 0 Å².